The maximum atomic E-state index is 12.7. The highest BCUT2D eigenvalue weighted by molar-refractivity contribution is 7.91. The van der Waals surface area contributed by atoms with Crippen molar-refractivity contribution in [2.24, 2.45) is 5.92 Å². The van der Waals surface area contributed by atoms with Crippen LogP contribution in [-0.2, 0) is 16.6 Å². The number of sulfonamides is 1. The van der Waals surface area contributed by atoms with Gasteiger partial charge in [-0.3, -0.25) is 0 Å². The van der Waals surface area contributed by atoms with E-state index in [0.29, 0.717) is 23.2 Å². The largest absolute Gasteiger partial charge is 0.315 e. The standard InChI is InChI=1S/C14H24N2O2S2/c1-3-12-5-4-9-16(10-8-12)20(17,18)14-7-6-13(19-14)11-15-2/h6-7,12,15H,3-5,8-11H2,1-2H3. The van der Waals surface area contributed by atoms with Crippen molar-refractivity contribution < 1.29 is 8.42 Å². The van der Waals surface area contributed by atoms with Crippen LogP contribution in [0.15, 0.2) is 16.3 Å². The molecule has 0 amide bonds. The number of hydrogen-bond donors (Lipinski definition) is 1. The van der Waals surface area contributed by atoms with Gasteiger partial charge in [0.15, 0.2) is 0 Å². The lowest BCUT2D eigenvalue weighted by Crippen LogP contribution is -2.31. The topological polar surface area (TPSA) is 49.4 Å². The van der Waals surface area contributed by atoms with E-state index in [2.05, 4.69) is 12.2 Å². The van der Waals surface area contributed by atoms with E-state index in [9.17, 15) is 8.42 Å². The smallest absolute Gasteiger partial charge is 0.252 e. The van der Waals surface area contributed by atoms with Crippen LogP contribution in [-0.4, -0.2) is 32.9 Å². The first-order valence-corrected chi connectivity index (χ1v) is 9.57. The maximum absolute atomic E-state index is 12.7. The molecule has 20 heavy (non-hydrogen) atoms. The molecule has 1 aromatic rings. The zero-order valence-electron chi connectivity index (χ0n) is 12.3. The van der Waals surface area contributed by atoms with Crippen LogP contribution in [0.4, 0.5) is 0 Å². The van der Waals surface area contributed by atoms with Gasteiger partial charge in [-0.2, -0.15) is 4.31 Å². The summed E-state index contributed by atoms with van der Waals surface area (Å²) < 4.78 is 27.5. The highest BCUT2D eigenvalue weighted by atomic mass is 32.2. The Kier molecular flexibility index (Phi) is 5.60. The molecule has 6 heteroatoms. The summed E-state index contributed by atoms with van der Waals surface area (Å²) in [6, 6.07) is 3.65. The molecule has 1 aliphatic heterocycles. The minimum Gasteiger partial charge on any atom is -0.315 e. The SMILES string of the molecule is CCC1CCCN(S(=O)(=O)c2ccc(CNC)s2)CC1. The summed E-state index contributed by atoms with van der Waals surface area (Å²) in [6.07, 6.45) is 4.27. The van der Waals surface area contributed by atoms with Crippen LogP contribution in [0.1, 0.15) is 37.5 Å². The molecular formula is C14H24N2O2S2. The second-order valence-corrected chi connectivity index (χ2v) is 8.69. The summed E-state index contributed by atoms with van der Waals surface area (Å²) in [4.78, 5) is 1.06. The molecule has 0 radical (unpaired) electrons. The molecule has 4 nitrogen and oxygen atoms in total. The fraction of sp³-hybridized carbons (Fsp3) is 0.714. The Balaban J connectivity index is 2.12. The molecule has 2 heterocycles. The molecule has 1 fully saturated rings. The Morgan fingerprint density at radius 2 is 2.15 bits per heavy atom. The van der Waals surface area contributed by atoms with Gasteiger partial charge in [0.05, 0.1) is 0 Å². The van der Waals surface area contributed by atoms with Crippen molar-refractivity contribution >= 4 is 21.4 Å². The minimum atomic E-state index is -3.29. The van der Waals surface area contributed by atoms with Gasteiger partial charge in [0.25, 0.3) is 10.0 Å². The Morgan fingerprint density at radius 1 is 1.35 bits per heavy atom. The molecule has 2 rings (SSSR count). The molecule has 114 valence electrons. The predicted molar refractivity (Wildman–Crippen MR) is 83.5 cm³/mol. The second-order valence-electron chi connectivity index (χ2n) is 5.36. The third-order valence-electron chi connectivity index (χ3n) is 3.97. The van der Waals surface area contributed by atoms with E-state index in [1.54, 1.807) is 10.4 Å². The van der Waals surface area contributed by atoms with Crippen molar-refractivity contribution in [1.82, 2.24) is 9.62 Å². The normalized spacial score (nSPS) is 21.8. The highest BCUT2D eigenvalue weighted by Crippen LogP contribution is 2.28. The highest BCUT2D eigenvalue weighted by Gasteiger charge is 2.28. The summed E-state index contributed by atoms with van der Waals surface area (Å²) in [6.45, 7) is 4.24. The van der Waals surface area contributed by atoms with Gasteiger partial charge < -0.3 is 5.32 Å². The zero-order chi connectivity index (χ0) is 14.6. The lowest BCUT2D eigenvalue weighted by Gasteiger charge is -2.19. The van der Waals surface area contributed by atoms with E-state index >= 15 is 0 Å². The van der Waals surface area contributed by atoms with Crippen molar-refractivity contribution in [3.63, 3.8) is 0 Å². The Morgan fingerprint density at radius 3 is 2.85 bits per heavy atom. The van der Waals surface area contributed by atoms with Crippen molar-refractivity contribution in [1.29, 1.82) is 0 Å². The molecule has 1 atom stereocenters. The summed E-state index contributed by atoms with van der Waals surface area (Å²) in [7, 11) is -1.42. The average molecular weight is 316 g/mol. The average Bonchev–Trinajstić information content (AvgIpc) is 2.76. The Hall–Kier alpha value is -0.430. The number of nitrogens with zero attached hydrogens (tertiary/aromatic N) is 1. The van der Waals surface area contributed by atoms with Crippen LogP contribution in [0.2, 0.25) is 0 Å². The molecule has 0 aromatic carbocycles. The summed E-state index contributed by atoms with van der Waals surface area (Å²) >= 11 is 1.38. The van der Waals surface area contributed by atoms with Crippen molar-refractivity contribution in [2.45, 2.75) is 43.4 Å². The second kappa shape index (κ2) is 7.02. The van der Waals surface area contributed by atoms with Crippen molar-refractivity contribution in [3.8, 4) is 0 Å². The minimum absolute atomic E-state index is 0.484. The zero-order valence-corrected chi connectivity index (χ0v) is 13.9. The van der Waals surface area contributed by atoms with Crippen molar-refractivity contribution in [3.05, 3.63) is 17.0 Å². The van der Waals surface area contributed by atoms with Gasteiger partial charge in [0.2, 0.25) is 0 Å². The van der Waals surface area contributed by atoms with E-state index in [0.717, 1.165) is 37.1 Å². The van der Waals surface area contributed by atoms with Gasteiger partial charge in [-0.25, -0.2) is 8.42 Å². The number of thiophene rings is 1. The molecule has 1 N–H and O–H groups in total. The van der Waals surface area contributed by atoms with Gasteiger partial charge in [-0.1, -0.05) is 13.3 Å². The lowest BCUT2D eigenvalue weighted by molar-refractivity contribution is 0.408. The fourth-order valence-electron chi connectivity index (χ4n) is 2.68. The molecule has 1 unspecified atom stereocenters. The predicted octanol–water partition coefficient (Wildman–Crippen LogP) is 2.67. The molecule has 1 aromatic heterocycles. The quantitative estimate of drug-likeness (QED) is 0.908. The number of hydrogen-bond acceptors (Lipinski definition) is 4. The van der Waals surface area contributed by atoms with E-state index < -0.39 is 10.0 Å². The first-order valence-electron chi connectivity index (χ1n) is 7.31. The van der Waals surface area contributed by atoms with E-state index in [-0.39, 0.29) is 0 Å². The Bertz CT molecular complexity index is 525. The molecule has 0 aliphatic carbocycles. The van der Waals surface area contributed by atoms with Crippen molar-refractivity contribution in [2.75, 3.05) is 20.1 Å². The number of nitrogens with one attached hydrogen (secondary N) is 1. The summed E-state index contributed by atoms with van der Waals surface area (Å²) in [5, 5.41) is 3.05. The fourth-order valence-corrected chi connectivity index (χ4v) is 5.70. The third-order valence-corrected chi connectivity index (χ3v) is 7.42. The van der Waals surface area contributed by atoms with Crippen LogP contribution in [0.5, 0.6) is 0 Å². The number of rotatable bonds is 5. The van der Waals surface area contributed by atoms with Crippen LogP contribution >= 0.6 is 11.3 Å². The lowest BCUT2D eigenvalue weighted by atomic mass is 9.98. The maximum Gasteiger partial charge on any atom is 0.252 e. The molecule has 0 bridgehead atoms. The van der Waals surface area contributed by atoms with Gasteiger partial charge in [0.1, 0.15) is 4.21 Å². The first kappa shape index (κ1) is 15.9. The van der Waals surface area contributed by atoms with Crippen LogP contribution in [0.25, 0.3) is 0 Å². The molecule has 0 spiro atoms. The molecular weight excluding hydrogens is 292 g/mol. The first-order chi connectivity index (χ1) is 9.57. The molecule has 1 saturated heterocycles. The van der Waals surface area contributed by atoms with Gasteiger partial charge >= 0.3 is 0 Å². The van der Waals surface area contributed by atoms with Gasteiger partial charge in [0, 0.05) is 24.5 Å². The van der Waals surface area contributed by atoms with Gasteiger partial charge in [-0.15, -0.1) is 11.3 Å². The van der Waals surface area contributed by atoms with E-state index in [1.807, 2.05) is 13.1 Å². The van der Waals surface area contributed by atoms with E-state index in [1.165, 1.54) is 11.3 Å². The molecule has 0 saturated carbocycles. The van der Waals surface area contributed by atoms with Gasteiger partial charge in [-0.05, 0) is 44.4 Å². The Labute approximate surface area is 126 Å². The third kappa shape index (κ3) is 3.61. The summed E-state index contributed by atoms with van der Waals surface area (Å²) in [5.74, 6) is 0.679. The summed E-state index contributed by atoms with van der Waals surface area (Å²) in [5.41, 5.74) is 0. The molecule has 1 aliphatic rings. The van der Waals surface area contributed by atoms with Crippen LogP contribution < -0.4 is 5.32 Å². The monoisotopic (exact) mass is 316 g/mol. The van der Waals surface area contributed by atoms with Crippen LogP contribution in [0, 0.1) is 5.92 Å². The van der Waals surface area contributed by atoms with Crippen LogP contribution in [0.3, 0.4) is 0 Å². The van der Waals surface area contributed by atoms with E-state index in [4.69, 9.17) is 0 Å².